The molecule has 2 aliphatic rings. The van der Waals surface area contributed by atoms with E-state index in [1.165, 1.54) is 0 Å². The van der Waals surface area contributed by atoms with Crippen molar-refractivity contribution in [2.24, 2.45) is 0 Å². The van der Waals surface area contributed by atoms with Crippen molar-refractivity contribution in [3.05, 3.63) is 59.7 Å². The molecule has 6 nitrogen and oxygen atoms in total. The number of carbonyl (C=O) groups is 3. The summed E-state index contributed by atoms with van der Waals surface area (Å²) in [6, 6.07) is 14.1. The molecule has 0 bridgehead atoms. The lowest BCUT2D eigenvalue weighted by Crippen LogP contribution is -2.29. The maximum atomic E-state index is 12.8. The number of rotatable bonds is 4. The predicted octanol–water partition coefficient (Wildman–Crippen LogP) is 3.30. The van der Waals surface area contributed by atoms with Gasteiger partial charge in [-0.3, -0.25) is 14.4 Å². The molecule has 144 valence electrons. The highest BCUT2D eigenvalue weighted by Crippen LogP contribution is 2.24. The number of likely N-dealkylation sites (tertiary alicyclic amines) is 1. The third-order valence-corrected chi connectivity index (χ3v) is 5.29. The van der Waals surface area contributed by atoms with Crippen LogP contribution in [0.2, 0.25) is 0 Å². The molecule has 28 heavy (non-hydrogen) atoms. The molecule has 2 aromatic carbocycles. The number of para-hydroxylation sites is 1. The third-order valence-electron chi connectivity index (χ3n) is 5.29. The van der Waals surface area contributed by atoms with Crippen molar-refractivity contribution in [1.82, 2.24) is 4.90 Å². The Balaban J connectivity index is 1.54. The van der Waals surface area contributed by atoms with Crippen LogP contribution in [-0.2, 0) is 4.79 Å². The number of anilines is 2. The van der Waals surface area contributed by atoms with Crippen molar-refractivity contribution in [1.29, 1.82) is 0 Å². The molecule has 0 radical (unpaired) electrons. The van der Waals surface area contributed by atoms with Crippen LogP contribution < -0.4 is 10.2 Å². The topological polar surface area (TPSA) is 69.7 Å². The molecular formula is C22H23N3O3. The molecule has 2 fully saturated rings. The Bertz CT molecular complexity index is 919. The van der Waals surface area contributed by atoms with Gasteiger partial charge >= 0.3 is 0 Å². The Morgan fingerprint density at radius 1 is 0.893 bits per heavy atom. The minimum absolute atomic E-state index is 0.0511. The Hall–Kier alpha value is -3.15. The first-order chi connectivity index (χ1) is 13.6. The van der Waals surface area contributed by atoms with Crippen LogP contribution in [0.4, 0.5) is 11.4 Å². The Morgan fingerprint density at radius 3 is 2.43 bits per heavy atom. The fourth-order valence-electron chi connectivity index (χ4n) is 3.80. The number of benzene rings is 2. The quantitative estimate of drug-likeness (QED) is 0.889. The number of hydrogen-bond donors (Lipinski definition) is 1. The molecule has 2 aliphatic heterocycles. The second-order valence-electron chi connectivity index (χ2n) is 7.20. The fraction of sp³-hybridized carbons (Fsp3) is 0.318. The minimum Gasteiger partial charge on any atom is -0.339 e. The van der Waals surface area contributed by atoms with Gasteiger partial charge < -0.3 is 15.1 Å². The summed E-state index contributed by atoms with van der Waals surface area (Å²) >= 11 is 0. The van der Waals surface area contributed by atoms with E-state index in [0.29, 0.717) is 29.8 Å². The summed E-state index contributed by atoms with van der Waals surface area (Å²) in [5, 5.41) is 2.87. The van der Waals surface area contributed by atoms with Crippen LogP contribution in [0.5, 0.6) is 0 Å². The Morgan fingerprint density at radius 2 is 1.68 bits per heavy atom. The van der Waals surface area contributed by atoms with Crippen molar-refractivity contribution in [3.63, 3.8) is 0 Å². The molecule has 4 rings (SSSR count). The van der Waals surface area contributed by atoms with Gasteiger partial charge in [0.05, 0.1) is 11.3 Å². The van der Waals surface area contributed by atoms with Gasteiger partial charge in [-0.2, -0.15) is 0 Å². The molecule has 0 saturated carbocycles. The third kappa shape index (κ3) is 3.63. The zero-order valence-corrected chi connectivity index (χ0v) is 15.7. The first-order valence-corrected chi connectivity index (χ1v) is 9.73. The van der Waals surface area contributed by atoms with Crippen LogP contribution in [0.1, 0.15) is 46.4 Å². The van der Waals surface area contributed by atoms with Gasteiger partial charge in [0.25, 0.3) is 11.8 Å². The van der Waals surface area contributed by atoms with Gasteiger partial charge in [0, 0.05) is 37.3 Å². The average molecular weight is 377 g/mol. The molecule has 0 aromatic heterocycles. The van der Waals surface area contributed by atoms with Gasteiger partial charge in [-0.25, -0.2) is 0 Å². The van der Waals surface area contributed by atoms with Crippen LogP contribution in [-0.4, -0.2) is 42.3 Å². The summed E-state index contributed by atoms with van der Waals surface area (Å²) in [5.74, 6) is -0.265. The van der Waals surface area contributed by atoms with Gasteiger partial charge in [-0.05, 0) is 49.6 Å². The second-order valence-corrected chi connectivity index (χ2v) is 7.20. The first-order valence-electron chi connectivity index (χ1n) is 9.73. The second kappa shape index (κ2) is 7.84. The normalized spacial score (nSPS) is 16.5. The Labute approximate surface area is 164 Å². The van der Waals surface area contributed by atoms with Crippen LogP contribution in [0, 0.1) is 0 Å². The largest absolute Gasteiger partial charge is 0.339 e. The zero-order valence-electron chi connectivity index (χ0n) is 15.7. The number of carbonyl (C=O) groups excluding carboxylic acids is 3. The molecule has 0 atom stereocenters. The molecule has 0 aliphatic carbocycles. The van der Waals surface area contributed by atoms with Crippen molar-refractivity contribution in [2.75, 3.05) is 29.9 Å². The maximum Gasteiger partial charge on any atom is 0.255 e. The fourth-order valence-corrected chi connectivity index (χ4v) is 3.80. The van der Waals surface area contributed by atoms with Crippen LogP contribution in [0.25, 0.3) is 0 Å². The molecule has 2 aromatic rings. The lowest BCUT2D eigenvalue weighted by Gasteiger charge is -2.18. The summed E-state index contributed by atoms with van der Waals surface area (Å²) in [5.41, 5.74) is 2.20. The molecule has 6 heteroatoms. The van der Waals surface area contributed by atoms with Crippen molar-refractivity contribution in [2.45, 2.75) is 25.7 Å². The molecule has 1 N–H and O–H groups in total. The summed E-state index contributed by atoms with van der Waals surface area (Å²) in [4.78, 5) is 41.1. The zero-order chi connectivity index (χ0) is 19.5. The van der Waals surface area contributed by atoms with E-state index < -0.39 is 0 Å². The minimum atomic E-state index is -0.296. The van der Waals surface area contributed by atoms with Gasteiger partial charge in [0.15, 0.2) is 0 Å². The number of hydrogen-bond acceptors (Lipinski definition) is 3. The molecular weight excluding hydrogens is 354 g/mol. The Kier molecular flexibility index (Phi) is 5.10. The molecule has 0 unspecified atom stereocenters. The predicted molar refractivity (Wildman–Crippen MR) is 108 cm³/mol. The van der Waals surface area contributed by atoms with E-state index in [9.17, 15) is 14.4 Å². The van der Waals surface area contributed by atoms with E-state index >= 15 is 0 Å². The summed E-state index contributed by atoms with van der Waals surface area (Å²) < 4.78 is 0. The standard InChI is InChI=1S/C22H23N3O3/c26-20-11-6-14-25(20)17-8-5-7-16(15-17)21(27)23-19-10-2-1-9-18(19)22(28)24-12-3-4-13-24/h1-2,5,7-10,15H,3-4,6,11-14H2,(H,23,27). The summed E-state index contributed by atoms with van der Waals surface area (Å²) in [6.45, 7) is 2.19. The van der Waals surface area contributed by atoms with Gasteiger partial charge in [-0.15, -0.1) is 0 Å². The number of nitrogens with one attached hydrogen (secondary N) is 1. The van der Waals surface area contributed by atoms with Gasteiger partial charge in [0.2, 0.25) is 5.91 Å². The summed E-state index contributed by atoms with van der Waals surface area (Å²) in [7, 11) is 0. The monoisotopic (exact) mass is 377 g/mol. The lowest BCUT2D eigenvalue weighted by molar-refractivity contribution is -0.117. The molecule has 2 heterocycles. The summed E-state index contributed by atoms with van der Waals surface area (Å²) in [6.07, 6.45) is 3.41. The highest BCUT2D eigenvalue weighted by atomic mass is 16.2. The average Bonchev–Trinajstić information content (AvgIpc) is 3.40. The van der Waals surface area contributed by atoms with E-state index in [1.807, 2.05) is 11.0 Å². The van der Waals surface area contributed by atoms with Crippen LogP contribution in [0.15, 0.2) is 48.5 Å². The van der Waals surface area contributed by atoms with Crippen LogP contribution >= 0.6 is 0 Å². The maximum absolute atomic E-state index is 12.8. The van der Waals surface area contributed by atoms with E-state index in [-0.39, 0.29) is 17.7 Å². The number of amides is 3. The van der Waals surface area contributed by atoms with Gasteiger partial charge in [-0.1, -0.05) is 18.2 Å². The first kappa shape index (κ1) is 18.2. The van der Waals surface area contributed by atoms with E-state index in [0.717, 1.165) is 38.0 Å². The number of nitrogens with zero attached hydrogens (tertiary/aromatic N) is 2. The molecule has 2 saturated heterocycles. The van der Waals surface area contributed by atoms with Crippen molar-refractivity contribution < 1.29 is 14.4 Å². The van der Waals surface area contributed by atoms with E-state index in [1.54, 1.807) is 47.4 Å². The highest BCUT2D eigenvalue weighted by Gasteiger charge is 2.24. The van der Waals surface area contributed by atoms with Crippen LogP contribution in [0.3, 0.4) is 0 Å². The van der Waals surface area contributed by atoms with Crippen molar-refractivity contribution in [3.8, 4) is 0 Å². The van der Waals surface area contributed by atoms with Crippen molar-refractivity contribution >= 4 is 29.1 Å². The highest BCUT2D eigenvalue weighted by molar-refractivity contribution is 6.09. The smallest absolute Gasteiger partial charge is 0.255 e. The van der Waals surface area contributed by atoms with E-state index in [2.05, 4.69) is 5.32 Å². The molecule has 3 amide bonds. The SMILES string of the molecule is O=C(Nc1ccccc1C(=O)N1CCCC1)c1cccc(N2CCCC2=O)c1. The molecule has 0 spiro atoms. The lowest BCUT2D eigenvalue weighted by atomic mass is 10.1. The van der Waals surface area contributed by atoms with E-state index in [4.69, 9.17) is 0 Å². The van der Waals surface area contributed by atoms with Gasteiger partial charge in [0.1, 0.15) is 0 Å².